The van der Waals surface area contributed by atoms with E-state index in [0.29, 0.717) is 0 Å². The van der Waals surface area contributed by atoms with Gasteiger partial charge in [0.2, 0.25) is 0 Å². The van der Waals surface area contributed by atoms with Crippen molar-refractivity contribution in [2.45, 2.75) is 51.4 Å². The summed E-state index contributed by atoms with van der Waals surface area (Å²) >= 11 is -0.826. The fourth-order valence-corrected chi connectivity index (χ4v) is 5.30. The molecule has 0 radical (unpaired) electrons. The minimum absolute atomic E-state index is 0.826. The molecule has 0 aliphatic heterocycles. The summed E-state index contributed by atoms with van der Waals surface area (Å²) in [5.74, 6) is 1.84. The van der Waals surface area contributed by atoms with Crippen LogP contribution in [0, 0.1) is 0 Å². The van der Waals surface area contributed by atoms with Crippen LogP contribution < -0.4 is 9.47 Å². The molecule has 5 heteroatoms. The summed E-state index contributed by atoms with van der Waals surface area (Å²) in [6.45, 7) is 0. The van der Waals surface area contributed by atoms with Gasteiger partial charge in [0.05, 0.1) is 14.2 Å². The normalized spacial score (nSPS) is 13.5. The van der Waals surface area contributed by atoms with Crippen molar-refractivity contribution < 1.29 is 30.3 Å². The van der Waals surface area contributed by atoms with Gasteiger partial charge in [-0.1, -0.05) is 73.9 Å². The first-order chi connectivity index (χ1) is 18.1. The Balaban J connectivity index is 0.000000157. The van der Waals surface area contributed by atoms with Crippen molar-refractivity contribution in [2.24, 2.45) is 0 Å². The Hall–Kier alpha value is -1.80. The molecule has 0 bridgehead atoms. The van der Waals surface area contributed by atoms with Crippen LogP contribution in [0.2, 0.25) is 0 Å². The van der Waals surface area contributed by atoms with Crippen molar-refractivity contribution in [3.63, 3.8) is 0 Å². The molecule has 0 atom stereocenters. The van der Waals surface area contributed by atoms with E-state index in [4.69, 9.17) is 26.5 Å². The zero-order valence-corrected chi connectivity index (χ0v) is 25.6. The van der Waals surface area contributed by atoms with Gasteiger partial charge in [0.25, 0.3) is 0 Å². The Kier molecular flexibility index (Phi) is 11.0. The van der Waals surface area contributed by atoms with Crippen molar-refractivity contribution in [2.75, 3.05) is 14.2 Å². The third-order valence-electron chi connectivity index (χ3n) is 7.28. The number of rotatable bonds is 4. The molecule has 0 saturated carbocycles. The quantitative estimate of drug-likeness (QED) is 0.214. The first-order valence-corrected chi connectivity index (χ1v) is 19.3. The van der Waals surface area contributed by atoms with Crippen molar-refractivity contribution in [1.82, 2.24) is 0 Å². The summed E-state index contributed by atoms with van der Waals surface area (Å²) in [5, 5.41) is 0. The third kappa shape index (κ3) is 7.63. The Morgan fingerprint density at radius 1 is 0.595 bits per heavy atom. The molecule has 0 amide bonds. The monoisotopic (exact) mass is 610 g/mol. The standard InChI is InChI=1S/2C16H17O.2ClH.Zr/c2*1-17-16-8-6-12(7-9-16)15-10-13-4-2-3-5-14(13)11-15;;;/h2*6-11H,2-5H2,1H3;2*1H;/q2*-1;;;+4/p-2. The van der Waals surface area contributed by atoms with Crippen molar-refractivity contribution in [3.8, 4) is 33.8 Å². The summed E-state index contributed by atoms with van der Waals surface area (Å²) in [6, 6.07) is 26.1. The fourth-order valence-electron chi connectivity index (χ4n) is 5.30. The molecular formula is C32H34Cl2O2Zr. The van der Waals surface area contributed by atoms with Gasteiger partial charge in [0, 0.05) is 0 Å². The van der Waals surface area contributed by atoms with Gasteiger partial charge in [-0.15, -0.1) is 34.4 Å². The Bertz CT molecular complexity index is 1090. The number of ether oxygens (including phenoxy) is 2. The van der Waals surface area contributed by atoms with Gasteiger partial charge in [0.15, 0.2) is 0 Å². The summed E-state index contributed by atoms with van der Waals surface area (Å²) in [7, 11) is 13.3. The van der Waals surface area contributed by atoms with E-state index < -0.39 is 20.8 Å². The van der Waals surface area contributed by atoms with E-state index in [1.165, 1.54) is 73.6 Å². The molecule has 2 aliphatic carbocycles. The number of halogens is 2. The van der Waals surface area contributed by atoms with Gasteiger partial charge in [-0.2, -0.15) is 23.3 Å². The van der Waals surface area contributed by atoms with Gasteiger partial charge in [-0.05, 0) is 37.1 Å². The number of benzene rings is 2. The summed E-state index contributed by atoms with van der Waals surface area (Å²) in [5.41, 5.74) is 11.5. The van der Waals surface area contributed by atoms with Crippen molar-refractivity contribution in [3.05, 3.63) is 95.1 Å². The van der Waals surface area contributed by atoms with Crippen LogP contribution in [0.4, 0.5) is 0 Å². The predicted molar refractivity (Wildman–Crippen MR) is 153 cm³/mol. The molecule has 0 aromatic heterocycles. The molecule has 2 nitrogen and oxygen atoms in total. The summed E-state index contributed by atoms with van der Waals surface area (Å²) in [6.07, 6.45) is 10.4. The molecule has 0 N–H and O–H groups in total. The number of hydrogen-bond donors (Lipinski definition) is 0. The van der Waals surface area contributed by atoms with E-state index in [-0.39, 0.29) is 0 Å². The average Bonchev–Trinajstić information content (AvgIpc) is 3.59. The van der Waals surface area contributed by atoms with Crippen LogP contribution in [0.15, 0.2) is 72.8 Å². The van der Waals surface area contributed by atoms with E-state index >= 15 is 0 Å². The zero-order valence-electron chi connectivity index (χ0n) is 21.7. The third-order valence-corrected chi connectivity index (χ3v) is 7.28. The fraction of sp³-hybridized carbons (Fsp3) is 0.312. The van der Waals surface area contributed by atoms with Crippen LogP contribution in [0.3, 0.4) is 0 Å². The van der Waals surface area contributed by atoms with Crippen LogP contribution >= 0.6 is 17.0 Å². The Morgan fingerprint density at radius 2 is 0.946 bits per heavy atom. The number of methoxy groups -OCH3 is 2. The maximum absolute atomic E-state index is 5.19. The second kappa shape index (κ2) is 14.4. The van der Waals surface area contributed by atoms with Gasteiger partial charge in [0.1, 0.15) is 11.5 Å². The molecule has 2 aliphatic rings. The first kappa shape index (κ1) is 28.2. The Morgan fingerprint density at radius 3 is 1.27 bits per heavy atom. The molecule has 4 aromatic carbocycles. The molecular weight excluding hydrogens is 578 g/mol. The topological polar surface area (TPSA) is 18.5 Å². The van der Waals surface area contributed by atoms with Crippen LogP contribution in [0.1, 0.15) is 47.9 Å². The summed E-state index contributed by atoms with van der Waals surface area (Å²) in [4.78, 5) is 0. The molecule has 192 valence electrons. The molecule has 4 aromatic rings. The SMILES string of the molecule is COc1ccc(-c2cc3c([cH-]2)CCCC3)cc1.COc1ccc(-c2cc3c([cH-]2)CCCC3)cc1.[Cl][Zr+2][Cl]. The molecule has 0 saturated heterocycles. The van der Waals surface area contributed by atoms with Crippen molar-refractivity contribution in [1.29, 1.82) is 0 Å². The molecule has 0 spiro atoms. The van der Waals surface area contributed by atoms with Gasteiger partial charge in [-0.25, -0.2) is 0 Å². The average molecular weight is 613 g/mol. The Labute approximate surface area is 240 Å². The van der Waals surface area contributed by atoms with Gasteiger partial charge >= 0.3 is 37.9 Å². The molecule has 0 fully saturated rings. The van der Waals surface area contributed by atoms with Crippen LogP contribution in [0.5, 0.6) is 11.5 Å². The molecule has 0 heterocycles. The predicted octanol–water partition coefficient (Wildman–Crippen LogP) is 9.30. The van der Waals surface area contributed by atoms with E-state index in [0.717, 1.165) is 11.5 Å². The van der Waals surface area contributed by atoms with E-state index in [1.807, 2.05) is 24.3 Å². The van der Waals surface area contributed by atoms with Crippen LogP contribution in [-0.2, 0) is 46.5 Å². The minimum atomic E-state index is -0.826. The summed E-state index contributed by atoms with van der Waals surface area (Å²) < 4.78 is 10.4. The second-order valence-corrected chi connectivity index (χ2v) is 13.3. The first-order valence-electron chi connectivity index (χ1n) is 13.0. The zero-order chi connectivity index (χ0) is 26.0. The second-order valence-electron chi connectivity index (χ2n) is 9.53. The van der Waals surface area contributed by atoms with Gasteiger partial charge in [-0.3, -0.25) is 0 Å². The van der Waals surface area contributed by atoms with E-state index in [9.17, 15) is 0 Å². The number of fused-ring (bicyclic) bond motifs is 2. The molecule has 6 rings (SSSR count). The van der Waals surface area contributed by atoms with E-state index in [2.05, 4.69) is 48.5 Å². The van der Waals surface area contributed by atoms with Crippen molar-refractivity contribution >= 4 is 17.0 Å². The molecule has 37 heavy (non-hydrogen) atoms. The van der Waals surface area contributed by atoms with Crippen LogP contribution in [-0.4, -0.2) is 14.2 Å². The van der Waals surface area contributed by atoms with Crippen LogP contribution in [0.25, 0.3) is 22.3 Å². The maximum atomic E-state index is 5.19. The number of hydrogen-bond acceptors (Lipinski definition) is 2. The molecule has 0 unspecified atom stereocenters. The van der Waals surface area contributed by atoms with Gasteiger partial charge < -0.3 is 9.47 Å². The van der Waals surface area contributed by atoms with E-state index in [1.54, 1.807) is 36.5 Å². The number of aryl methyl sites for hydroxylation is 4.